The highest BCUT2D eigenvalue weighted by atomic mass is 16.5. The van der Waals surface area contributed by atoms with Gasteiger partial charge in [0, 0.05) is 24.7 Å². The quantitative estimate of drug-likeness (QED) is 0.311. The van der Waals surface area contributed by atoms with Gasteiger partial charge in [-0.05, 0) is 91.9 Å². The number of hydrogen-bond acceptors (Lipinski definition) is 8. The fraction of sp³-hybridized carbons (Fsp3) is 0.629. The molecular weight excluding hydrogens is 578 g/mol. The minimum Gasteiger partial charge on any atom is -0.497 e. The maximum absolute atomic E-state index is 13.5. The highest BCUT2D eigenvalue weighted by molar-refractivity contribution is 5.92. The number of carbonyl (C=O) groups excluding carboxylic acids is 4. The Labute approximate surface area is 263 Å². The van der Waals surface area contributed by atoms with Crippen molar-refractivity contribution in [3.05, 3.63) is 41.5 Å². The third-order valence-electron chi connectivity index (χ3n) is 11.7. The zero-order valence-corrected chi connectivity index (χ0v) is 26.4. The lowest BCUT2D eigenvalue weighted by Crippen LogP contribution is -2.58. The Kier molecular flexibility index (Phi) is 9.27. The number of amides is 1. The summed E-state index contributed by atoms with van der Waals surface area (Å²) in [6, 6.07) is 5.64. The molecule has 1 aromatic carbocycles. The summed E-state index contributed by atoms with van der Waals surface area (Å²) in [7, 11) is 1.53. The van der Waals surface area contributed by atoms with E-state index in [1.165, 1.54) is 12.7 Å². The molecule has 5 rings (SSSR count). The number of rotatable bonds is 11. The largest absolute Gasteiger partial charge is 0.497 e. The summed E-state index contributed by atoms with van der Waals surface area (Å²) in [5, 5.41) is 23.9. The fourth-order valence-corrected chi connectivity index (χ4v) is 9.05. The number of carbonyl (C=O) groups is 5. The van der Waals surface area contributed by atoms with Crippen molar-refractivity contribution in [2.24, 2.45) is 28.6 Å². The number of Topliss-reactive ketones (excluding diaryl/α,β-unsaturated/α-hetero) is 1. The van der Waals surface area contributed by atoms with Gasteiger partial charge in [-0.3, -0.25) is 19.2 Å². The van der Waals surface area contributed by atoms with E-state index in [4.69, 9.17) is 9.47 Å². The normalized spacial score (nSPS) is 32.7. The number of hydrogen-bond donors (Lipinski definition) is 3. The van der Waals surface area contributed by atoms with Crippen LogP contribution in [0, 0.1) is 28.6 Å². The van der Waals surface area contributed by atoms with E-state index in [0.717, 1.165) is 32.1 Å². The highest BCUT2D eigenvalue weighted by Crippen LogP contribution is 2.67. The van der Waals surface area contributed by atoms with Crippen molar-refractivity contribution < 1.29 is 43.7 Å². The van der Waals surface area contributed by atoms with E-state index in [0.29, 0.717) is 42.4 Å². The van der Waals surface area contributed by atoms with Crippen LogP contribution in [0.15, 0.2) is 35.9 Å². The van der Waals surface area contributed by atoms with E-state index in [-0.39, 0.29) is 36.4 Å². The predicted octanol–water partition coefficient (Wildman–Crippen LogP) is 3.96. The van der Waals surface area contributed by atoms with Crippen molar-refractivity contribution in [2.75, 3.05) is 13.7 Å². The van der Waals surface area contributed by atoms with E-state index >= 15 is 0 Å². The van der Waals surface area contributed by atoms with Crippen molar-refractivity contribution in [1.82, 2.24) is 5.32 Å². The van der Waals surface area contributed by atoms with Crippen LogP contribution < -0.4 is 10.1 Å². The maximum atomic E-state index is 13.5. The molecule has 45 heavy (non-hydrogen) atoms. The fourth-order valence-electron chi connectivity index (χ4n) is 9.05. The SMILES string of the molecule is COc1ccc(C[C@H](NC(=O)CCC(=O)OCC(=O)[C@@]2(O)CC[C@@H]3[C@@H]4CCC5=CC(=O)CC[C@]5(C)[C@@H]4CC[C@@]32C)C(=O)O)cc1. The van der Waals surface area contributed by atoms with E-state index < -0.39 is 47.3 Å². The number of aliphatic carboxylic acids is 1. The zero-order valence-electron chi connectivity index (χ0n) is 26.4. The van der Waals surface area contributed by atoms with Gasteiger partial charge in [0.1, 0.15) is 17.4 Å². The van der Waals surface area contributed by atoms with Crippen molar-refractivity contribution in [3.8, 4) is 5.75 Å². The second kappa shape index (κ2) is 12.7. The summed E-state index contributed by atoms with van der Waals surface area (Å²) < 4.78 is 10.3. The summed E-state index contributed by atoms with van der Waals surface area (Å²) in [6.07, 6.45) is 7.17. The van der Waals surface area contributed by atoms with E-state index in [9.17, 15) is 34.2 Å². The lowest BCUT2D eigenvalue weighted by molar-refractivity contribution is -0.170. The molecular formula is C35H45NO9. The standard InChI is InChI=1S/C35H45NO9/c1-33-15-12-23(37)19-22(33)6-9-25-26(33)13-16-34(2)27(25)14-17-35(34,43)29(38)20-45-31(40)11-10-30(39)36-28(32(41)42)18-21-4-7-24(44-3)8-5-21/h4-5,7-8,19,25-28,43H,6,9-18,20H2,1-3H3,(H,36,39)(H,41,42)/t25-,26-,27-,28+,33+,34+,35+/m1/s1. The first-order valence-electron chi connectivity index (χ1n) is 16.1. The van der Waals surface area contributed by atoms with Crippen LogP contribution in [-0.4, -0.2) is 65.0 Å². The number of ether oxygens (including phenoxy) is 2. The second-order valence-electron chi connectivity index (χ2n) is 13.9. The Bertz CT molecular complexity index is 1390. The maximum Gasteiger partial charge on any atom is 0.326 e. The third kappa shape index (κ3) is 6.18. The van der Waals surface area contributed by atoms with Gasteiger partial charge in [0.05, 0.1) is 13.5 Å². The predicted molar refractivity (Wildman–Crippen MR) is 163 cm³/mol. The summed E-state index contributed by atoms with van der Waals surface area (Å²) in [5.41, 5.74) is -0.277. The number of carboxylic acid groups (broad SMARTS) is 1. The molecule has 1 aromatic rings. The molecule has 3 saturated carbocycles. The molecule has 0 unspecified atom stereocenters. The van der Waals surface area contributed by atoms with Crippen LogP contribution in [0.1, 0.15) is 83.6 Å². The van der Waals surface area contributed by atoms with Gasteiger partial charge in [0.25, 0.3) is 0 Å². The molecule has 3 fully saturated rings. The van der Waals surface area contributed by atoms with Crippen LogP contribution >= 0.6 is 0 Å². The molecule has 244 valence electrons. The minimum atomic E-state index is -1.60. The number of nitrogens with one attached hydrogen (secondary N) is 1. The molecule has 4 aliphatic rings. The average molecular weight is 624 g/mol. The van der Waals surface area contributed by atoms with Crippen molar-refractivity contribution in [1.29, 1.82) is 0 Å². The molecule has 0 aliphatic heterocycles. The Morgan fingerprint density at radius 2 is 1.69 bits per heavy atom. The Hall–Kier alpha value is -3.53. The van der Waals surface area contributed by atoms with E-state index in [1.807, 2.05) is 13.0 Å². The highest BCUT2D eigenvalue weighted by Gasteiger charge is 2.66. The molecule has 0 spiro atoms. The van der Waals surface area contributed by atoms with Crippen LogP contribution in [-0.2, 0) is 35.1 Å². The van der Waals surface area contributed by atoms with Crippen LogP contribution in [0.3, 0.4) is 0 Å². The topological polar surface area (TPSA) is 156 Å². The molecule has 4 aliphatic carbocycles. The first-order valence-corrected chi connectivity index (χ1v) is 16.1. The number of esters is 1. The van der Waals surface area contributed by atoms with Gasteiger partial charge < -0.3 is 25.0 Å². The number of fused-ring (bicyclic) bond motifs is 5. The number of ketones is 2. The van der Waals surface area contributed by atoms with Gasteiger partial charge in [-0.2, -0.15) is 0 Å². The Balaban J connectivity index is 1.12. The lowest BCUT2D eigenvalue weighted by atomic mass is 9.46. The first kappa shape index (κ1) is 32.9. The zero-order chi connectivity index (χ0) is 32.6. The molecule has 0 bridgehead atoms. The van der Waals surface area contributed by atoms with E-state index in [1.54, 1.807) is 24.3 Å². The molecule has 0 saturated heterocycles. The molecule has 0 aromatic heterocycles. The van der Waals surface area contributed by atoms with Crippen molar-refractivity contribution >= 4 is 29.4 Å². The molecule has 0 radical (unpaired) electrons. The summed E-state index contributed by atoms with van der Waals surface area (Å²) in [4.78, 5) is 62.3. The van der Waals surface area contributed by atoms with Crippen LogP contribution in [0.2, 0.25) is 0 Å². The van der Waals surface area contributed by atoms with Crippen molar-refractivity contribution in [2.45, 2.75) is 96.1 Å². The van der Waals surface area contributed by atoms with Gasteiger partial charge in [-0.25, -0.2) is 4.79 Å². The number of benzene rings is 1. The Morgan fingerprint density at radius 1 is 0.978 bits per heavy atom. The number of methoxy groups -OCH3 is 1. The van der Waals surface area contributed by atoms with Crippen molar-refractivity contribution in [3.63, 3.8) is 0 Å². The first-order chi connectivity index (χ1) is 21.3. The second-order valence-corrected chi connectivity index (χ2v) is 13.9. The van der Waals surface area contributed by atoms with Gasteiger partial charge in [-0.1, -0.05) is 31.6 Å². The number of carboxylic acids is 1. The molecule has 10 nitrogen and oxygen atoms in total. The van der Waals surface area contributed by atoms with Gasteiger partial charge in [-0.15, -0.1) is 0 Å². The summed E-state index contributed by atoms with van der Waals surface area (Å²) >= 11 is 0. The minimum absolute atomic E-state index is 0.00907. The Morgan fingerprint density at radius 3 is 2.38 bits per heavy atom. The van der Waals surface area contributed by atoms with Crippen LogP contribution in [0.5, 0.6) is 5.75 Å². The third-order valence-corrected chi connectivity index (χ3v) is 11.7. The summed E-state index contributed by atoms with van der Waals surface area (Å²) in [6.45, 7) is 3.72. The van der Waals surface area contributed by atoms with Crippen LogP contribution in [0.25, 0.3) is 0 Å². The van der Waals surface area contributed by atoms with E-state index in [2.05, 4.69) is 12.2 Å². The molecule has 1 amide bonds. The monoisotopic (exact) mass is 623 g/mol. The number of allylic oxidation sites excluding steroid dienone is 1. The molecule has 3 N–H and O–H groups in total. The number of aliphatic hydroxyl groups is 1. The van der Waals surface area contributed by atoms with Gasteiger partial charge in [0.15, 0.2) is 12.4 Å². The molecule has 10 heteroatoms. The van der Waals surface area contributed by atoms with Gasteiger partial charge in [0.2, 0.25) is 11.7 Å². The van der Waals surface area contributed by atoms with Gasteiger partial charge >= 0.3 is 11.9 Å². The lowest BCUT2D eigenvalue weighted by Gasteiger charge is -2.58. The van der Waals surface area contributed by atoms with Crippen LogP contribution in [0.4, 0.5) is 0 Å². The summed E-state index contributed by atoms with van der Waals surface area (Å²) in [5.74, 6) is -1.31. The smallest absolute Gasteiger partial charge is 0.326 e. The molecule has 0 heterocycles. The molecule has 7 atom stereocenters. The average Bonchev–Trinajstić information content (AvgIpc) is 3.30.